The minimum Gasteiger partial charge on any atom is -0.364 e. The molecule has 0 radical (unpaired) electrons. The normalized spacial score (nSPS) is 20.4. The first-order valence-corrected chi connectivity index (χ1v) is 14.1. The summed E-state index contributed by atoms with van der Waals surface area (Å²) in [6, 6.07) is 3.33. The molecule has 3 aliphatic rings. The van der Waals surface area contributed by atoms with E-state index in [4.69, 9.17) is 4.98 Å². The standard InChI is InChI=1S/C27H27N9O3S/c1-14-12-40-26(31-14)19-6-18(19)25(38)33-22-7-21(29-13-30-22)28-8-17-10-35-9-16(15-3-4-15)5-20(24(35)32-17)36-11-23(37)34(2)27(36)39/h5,7,9-10,12-13,15,18-19H,3-4,6,8,11H2,1-2H3,(H2,28,29,30,33,38)/t18-,19-/m0/s1. The number of nitrogens with zero attached hydrogens (tertiary/aromatic N) is 7. The molecule has 2 aliphatic carbocycles. The van der Waals surface area contributed by atoms with Crippen LogP contribution < -0.4 is 15.5 Å². The van der Waals surface area contributed by atoms with Crippen molar-refractivity contribution in [2.24, 2.45) is 5.92 Å². The van der Waals surface area contributed by atoms with Crippen molar-refractivity contribution in [3.63, 3.8) is 0 Å². The molecule has 4 amide bonds. The number of imidazole rings is 1. The Morgan fingerprint density at radius 2 is 1.95 bits per heavy atom. The molecule has 2 atom stereocenters. The first-order chi connectivity index (χ1) is 19.3. The lowest BCUT2D eigenvalue weighted by atomic mass is 10.1. The average Bonchev–Trinajstić information content (AvgIpc) is 3.85. The molecule has 5 heterocycles. The van der Waals surface area contributed by atoms with Crippen molar-refractivity contribution in [1.82, 2.24) is 29.2 Å². The van der Waals surface area contributed by atoms with Crippen LogP contribution in [0.3, 0.4) is 0 Å². The molecule has 12 nitrogen and oxygen atoms in total. The second kappa shape index (κ2) is 9.37. The fourth-order valence-electron chi connectivity index (χ4n) is 5.08. The number of amides is 4. The summed E-state index contributed by atoms with van der Waals surface area (Å²) in [5.41, 5.74) is 4.10. The van der Waals surface area contributed by atoms with Gasteiger partial charge in [-0.15, -0.1) is 11.3 Å². The van der Waals surface area contributed by atoms with E-state index in [1.54, 1.807) is 17.4 Å². The minimum absolute atomic E-state index is 0.0000714. The molecule has 204 valence electrons. The average molecular weight is 558 g/mol. The van der Waals surface area contributed by atoms with Gasteiger partial charge in [-0.2, -0.15) is 0 Å². The summed E-state index contributed by atoms with van der Waals surface area (Å²) in [5.74, 6) is 1.21. The Morgan fingerprint density at radius 3 is 2.67 bits per heavy atom. The van der Waals surface area contributed by atoms with Gasteiger partial charge in [-0.1, -0.05) is 0 Å². The summed E-state index contributed by atoms with van der Waals surface area (Å²) in [4.78, 5) is 58.1. The number of carbonyl (C=O) groups excluding carboxylic acids is 3. The van der Waals surface area contributed by atoms with E-state index < -0.39 is 0 Å². The van der Waals surface area contributed by atoms with Gasteiger partial charge in [0.15, 0.2) is 5.65 Å². The van der Waals surface area contributed by atoms with Crippen LogP contribution in [0.5, 0.6) is 0 Å². The van der Waals surface area contributed by atoms with E-state index in [1.165, 1.54) is 18.3 Å². The zero-order valence-electron chi connectivity index (χ0n) is 22.0. The van der Waals surface area contributed by atoms with Crippen molar-refractivity contribution in [2.45, 2.75) is 44.6 Å². The Labute approximate surface area is 233 Å². The number of urea groups is 1. The quantitative estimate of drug-likeness (QED) is 0.314. The topological polar surface area (TPSA) is 138 Å². The lowest BCUT2D eigenvalue weighted by Gasteiger charge is -2.17. The van der Waals surface area contributed by atoms with Crippen molar-refractivity contribution in [2.75, 3.05) is 29.1 Å². The fraction of sp³-hybridized carbons (Fsp3) is 0.370. The summed E-state index contributed by atoms with van der Waals surface area (Å²) in [5, 5.41) is 9.17. The summed E-state index contributed by atoms with van der Waals surface area (Å²) in [7, 11) is 1.50. The van der Waals surface area contributed by atoms with E-state index in [1.807, 2.05) is 29.0 Å². The van der Waals surface area contributed by atoms with Crippen LogP contribution in [0, 0.1) is 12.8 Å². The van der Waals surface area contributed by atoms with Gasteiger partial charge in [0.05, 0.1) is 22.9 Å². The molecule has 40 heavy (non-hydrogen) atoms. The molecule has 4 aromatic rings. The fourth-order valence-corrected chi connectivity index (χ4v) is 6.06. The first kappa shape index (κ1) is 24.6. The van der Waals surface area contributed by atoms with Crippen molar-refractivity contribution < 1.29 is 14.4 Å². The number of aryl methyl sites for hydroxylation is 1. The zero-order chi connectivity index (χ0) is 27.5. The lowest BCUT2D eigenvalue weighted by Crippen LogP contribution is -2.30. The molecule has 7 rings (SSSR count). The molecule has 2 N–H and O–H groups in total. The second-order valence-corrected chi connectivity index (χ2v) is 11.5. The van der Waals surface area contributed by atoms with Gasteiger partial charge in [0.1, 0.15) is 24.5 Å². The Morgan fingerprint density at radius 1 is 1.12 bits per heavy atom. The number of hydrogen-bond donors (Lipinski definition) is 2. The van der Waals surface area contributed by atoms with Gasteiger partial charge in [0.2, 0.25) is 11.8 Å². The number of likely N-dealkylation sites (N-methyl/N-ethyl adjacent to an activating group) is 1. The number of carbonyl (C=O) groups is 3. The monoisotopic (exact) mass is 557 g/mol. The van der Waals surface area contributed by atoms with E-state index in [0.717, 1.165) is 46.1 Å². The van der Waals surface area contributed by atoms with Crippen LogP contribution in [-0.4, -0.2) is 60.7 Å². The van der Waals surface area contributed by atoms with Crippen LogP contribution in [0.25, 0.3) is 5.65 Å². The van der Waals surface area contributed by atoms with Crippen molar-refractivity contribution in [3.05, 3.63) is 58.2 Å². The van der Waals surface area contributed by atoms with E-state index >= 15 is 0 Å². The zero-order valence-corrected chi connectivity index (χ0v) is 22.8. The Bertz CT molecular complexity index is 1680. The second-order valence-electron chi connectivity index (χ2n) is 10.6. The number of anilines is 3. The van der Waals surface area contributed by atoms with E-state index in [9.17, 15) is 14.4 Å². The number of nitrogens with one attached hydrogen (secondary N) is 2. The predicted octanol–water partition coefficient (Wildman–Crippen LogP) is 3.52. The molecule has 1 aliphatic heterocycles. The Balaban J connectivity index is 1.06. The smallest absolute Gasteiger partial charge is 0.331 e. The van der Waals surface area contributed by atoms with Crippen molar-refractivity contribution >= 4 is 52.2 Å². The maximum Gasteiger partial charge on any atom is 0.331 e. The summed E-state index contributed by atoms with van der Waals surface area (Å²) < 4.78 is 1.93. The van der Waals surface area contributed by atoms with E-state index in [0.29, 0.717) is 35.4 Å². The van der Waals surface area contributed by atoms with Crippen LogP contribution in [0.15, 0.2) is 36.2 Å². The van der Waals surface area contributed by atoms with Gasteiger partial charge >= 0.3 is 6.03 Å². The van der Waals surface area contributed by atoms with Gasteiger partial charge in [-0.25, -0.2) is 24.7 Å². The molecule has 0 bridgehead atoms. The molecule has 13 heteroatoms. The molecule has 4 aromatic heterocycles. The molecule has 0 aromatic carbocycles. The Hall–Kier alpha value is -4.39. The molecule has 3 fully saturated rings. The largest absolute Gasteiger partial charge is 0.364 e. The summed E-state index contributed by atoms with van der Waals surface area (Å²) in [6.45, 7) is 2.32. The third-order valence-electron chi connectivity index (χ3n) is 7.58. The lowest BCUT2D eigenvalue weighted by molar-refractivity contribution is -0.124. The maximum absolute atomic E-state index is 12.8. The van der Waals surface area contributed by atoms with Crippen LogP contribution in [0.4, 0.5) is 22.1 Å². The number of rotatable bonds is 8. The number of imide groups is 1. The van der Waals surface area contributed by atoms with Crippen LogP contribution in [0.2, 0.25) is 0 Å². The molecule has 0 spiro atoms. The highest BCUT2D eigenvalue weighted by atomic mass is 32.1. The number of thiazole rings is 1. The summed E-state index contributed by atoms with van der Waals surface area (Å²) >= 11 is 1.60. The minimum atomic E-state index is -0.350. The third kappa shape index (κ3) is 4.55. The van der Waals surface area contributed by atoms with Gasteiger partial charge in [0.25, 0.3) is 0 Å². The predicted molar refractivity (Wildman–Crippen MR) is 148 cm³/mol. The highest BCUT2D eigenvalue weighted by Gasteiger charge is 2.46. The molecule has 1 saturated heterocycles. The van der Waals surface area contributed by atoms with Gasteiger partial charge in [-0.05, 0) is 43.7 Å². The Kier molecular flexibility index (Phi) is 5.77. The first-order valence-electron chi connectivity index (χ1n) is 13.2. The van der Waals surface area contributed by atoms with Crippen molar-refractivity contribution in [3.8, 4) is 0 Å². The number of hydrogen-bond acceptors (Lipinski definition) is 9. The third-order valence-corrected chi connectivity index (χ3v) is 8.67. The van der Waals surface area contributed by atoms with Crippen molar-refractivity contribution in [1.29, 1.82) is 0 Å². The van der Waals surface area contributed by atoms with Gasteiger partial charge in [0, 0.05) is 48.4 Å². The van der Waals surface area contributed by atoms with Gasteiger partial charge < -0.3 is 15.0 Å². The van der Waals surface area contributed by atoms with E-state index in [2.05, 4.69) is 31.8 Å². The molecular formula is C27H27N9O3S. The number of fused-ring (bicyclic) bond motifs is 1. The molecular weight excluding hydrogens is 530 g/mol. The molecule has 2 saturated carbocycles. The van der Waals surface area contributed by atoms with Crippen LogP contribution in [0.1, 0.15) is 53.1 Å². The molecule has 0 unspecified atom stereocenters. The number of pyridine rings is 1. The highest BCUT2D eigenvalue weighted by molar-refractivity contribution is 7.09. The van der Waals surface area contributed by atoms with Crippen LogP contribution >= 0.6 is 11.3 Å². The highest BCUT2D eigenvalue weighted by Crippen LogP contribution is 2.49. The van der Waals surface area contributed by atoms with Crippen LogP contribution in [-0.2, 0) is 16.1 Å². The summed E-state index contributed by atoms with van der Waals surface area (Å²) in [6.07, 6.45) is 8.39. The van der Waals surface area contributed by atoms with Gasteiger partial charge in [-0.3, -0.25) is 19.4 Å². The number of aromatic nitrogens is 5. The SMILES string of the molecule is Cc1csc([C@H]2C[C@@H]2C(=O)Nc2cc(NCc3cn4cc(C5CC5)cc(N5CC(=O)N(C)C5=O)c4n3)ncn2)n1. The maximum atomic E-state index is 12.8. The van der Waals surface area contributed by atoms with E-state index in [-0.39, 0.29) is 36.2 Å².